The number of hydrogen-bond donors (Lipinski definition) is 1. The molecule has 0 aliphatic heterocycles. The number of aromatic nitrogens is 8. The van der Waals surface area contributed by atoms with E-state index >= 15 is 0 Å². The molecule has 0 spiro atoms. The van der Waals surface area contributed by atoms with Gasteiger partial charge in [0.15, 0.2) is 11.2 Å². The molecule has 0 saturated carbocycles. The number of hydrogen-bond acceptors (Lipinski definition) is 7. The van der Waals surface area contributed by atoms with Crippen molar-refractivity contribution in [3.05, 3.63) is 45.1 Å². The highest BCUT2D eigenvalue weighted by molar-refractivity contribution is 7.98. The second-order valence-electron chi connectivity index (χ2n) is 6.07. The van der Waals surface area contributed by atoms with E-state index in [0.29, 0.717) is 40.2 Å². The standard InChI is InChI=1S/C16H18N8O2S/c1-3-4-7-23-12-11(13(25)19-16(23)26)22(2)10(18-12)9-27-15-20-14-17-6-5-8-24(14)21-15/h5-6,8H,3-4,7,9H2,1-2H3,(H,19,25,26). The molecular formula is C16H18N8O2S. The molecule has 27 heavy (non-hydrogen) atoms. The SMILES string of the molecule is CCCCn1c(=O)[nH]c(=O)c2c1nc(CSc1nc3ncccn3n1)n2C. The van der Waals surface area contributed by atoms with E-state index in [-0.39, 0.29) is 0 Å². The number of imidazole rings is 1. The van der Waals surface area contributed by atoms with E-state index in [2.05, 4.69) is 25.0 Å². The lowest BCUT2D eigenvalue weighted by Crippen LogP contribution is -2.31. The van der Waals surface area contributed by atoms with Gasteiger partial charge in [-0.1, -0.05) is 25.1 Å². The number of aromatic amines is 1. The Kier molecular flexibility index (Phi) is 4.52. The number of aryl methyl sites for hydroxylation is 2. The highest BCUT2D eigenvalue weighted by Crippen LogP contribution is 2.21. The van der Waals surface area contributed by atoms with Crippen LogP contribution in [0.2, 0.25) is 0 Å². The maximum atomic E-state index is 12.3. The van der Waals surface area contributed by atoms with Crippen molar-refractivity contribution in [3.63, 3.8) is 0 Å². The smallest absolute Gasteiger partial charge is 0.325 e. The lowest BCUT2D eigenvalue weighted by Gasteiger charge is -2.04. The first-order chi connectivity index (χ1) is 13.1. The minimum absolute atomic E-state index is 0.394. The van der Waals surface area contributed by atoms with Crippen molar-refractivity contribution in [2.75, 3.05) is 0 Å². The quantitative estimate of drug-likeness (QED) is 0.491. The van der Waals surface area contributed by atoms with Gasteiger partial charge >= 0.3 is 5.69 Å². The van der Waals surface area contributed by atoms with E-state index in [1.54, 1.807) is 34.6 Å². The van der Waals surface area contributed by atoms with Crippen molar-refractivity contribution < 1.29 is 0 Å². The number of nitrogens with one attached hydrogen (secondary N) is 1. The highest BCUT2D eigenvalue weighted by Gasteiger charge is 2.17. The molecule has 4 rings (SSSR count). The summed E-state index contributed by atoms with van der Waals surface area (Å²) >= 11 is 1.40. The normalized spacial score (nSPS) is 11.6. The van der Waals surface area contributed by atoms with E-state index in [4.69, 9.17) is 0 Å². The summed E-state index contributed by atoms with van der Waals surface area (Å²) in [5.41, 5.74) is -0.0405. The van der Waals surface area contributed by atoms with Crippen LogP contribution in [0.3, 0.4) is 0 Å². The largest absolute Gasteiger partial charge is 0.330 e. The minimum atomic E-state index is -0.427. The van der Waals surface area contributed by atoms with Crippen LogP contribution in [-0.2, 0) is 19.3 Å². The van der Waals surface area contributed by atoms with Gasteiger partial charge in [-0.05, 0) is 12.5 Å². The molecule has 0 amide bonds. The van der Waals surface area contributed by atoms with Gasteiger partial charge in [-0.3, -0.25) is 14.3 Å². The van der Waals surface area contributed by atoms with Crippen LogP contribution < -0.4 is 11.2 Å². The van der Waals surface area contributed by atoms with E-state index in [0.717, 1.165) is 12.8 Å². The summed E-state index contributed by atoms with van der Waals surface area (Å²) < 4.78 is 4.85. The van der Waals surface area contributed by atoms with Gasteiger partial charge in [0.05, 0.1) is 5.75 Å². The predicted molar refractivity (Wildman–Crippen MR) is 101 cm³/mol. The first kappa shape index (κ1) is 17.5. The van der Waals surface area contributed by atoms with Crippen LogP contribution in [0.1, 0.15) is 25.6 Å². The molecule has 0 aliphatic carbocycles. The van der Waals surface area contributed by atoms with Crippen LogP contribution in [0.15, 0.2) is 33.2 Å². The Hall–Kier alpha value is -2.95. The zero-order chi connectivity index (χ0) is 19.0. The second kappa shape index (κ2) is 6.99. The van der Waals surface area contributed by atoms with Crippen molar-refractivity contribution in [1.82, 2.24) is 38.7 Å². The van der Waals surface area contributed by atoms with E-state index < -0.39 is 11.2 Å². The summed E-state index contributed by atoms with van der Waals surface area (Å²) in [6, 6.07) is 1.78. The molecule has 4 aromatic heterocycles. The summed E-state index contributed by atoms with van der Waals surface area (Å²) in [4.78, 5) is 39.9. The topological polar surface area (TPSA) is 116 Å². The van der Waals surface area contributed by atoms with E-state index in [9.17, 15) is 9.59 Å². The molecule has 140 valence electrons. The van der Waals surface area contributed by atoms with Gasteiger partial charge in [0, 0.05) is 26.0 Å². The maximum Gasteiger partial charge on any atom is 0.330 e. The Labute approximate surface area is 157 Å². The Balaban J connectivity index is 1.69. The summed E-state index contributed by atoms with van der Waals surface area (Å²) in [5, 5.41) is 4.91. The summed E-state index contributed by atoms with van der Waals surface area (Å²) in [6.45, 7) is 2.57. The monoisotopic (exact) mass is 386 g/mol. The molecule has 1 N–H and O–H groups in total. The molecule has 4 heterocycles. The van der Waals surface area contributed by atoms with Gasteiger partial charge < -0.3 is 4.57 Å². The van der Waals surface area contributed by atoms with Gasteiger partial charge in [-0.15, -0.1) is 5.10 Å². The zero-order valence-corrected chi connectivity index (χ0v) is 15.7. The van der Waals surface area contributed by atoms with E-state index in [1.165, 1.54) is 16.3 Å². The first-order valence-corrected chi connectivity index (χ1v) is 9.55. The van der Waals surface area contributed by atoms with Crippen LogP contribution in [-0.4, -0.2) is 38.7 Å². The third-order valence-electron chi connectivity index (χ3n) is 4.27. The molecule has 0 radical (unpaired) electrons. The van der Waals surface area contributed by atoms with Crippen molar-refractivity contribution in [3.8, 4) is 0 Å². The van der Waals surface area contributed by atoms with Crippen molar-refractivity contribution in [2.45, 2.75) is 37.2 Å². The molecule has 4 aromatic rings. The van der Waals surface area contributed by atoms with Crippen molar-refractivity contribution in [1.29, 1.82) is 0 Å². The Bertz CT molecular complexity index is 1200. The lowest BCUT2D eigenvalue weighted by molar-refractivity contribution is 0.613. The van der Waals surface area contributed by atoms with Crippen LogP contribution in [0.4, 0.5) is 0 Å². The zero-order valence-electron chi connectivity index (χ0n) is 14.9. The molecule has 10 nitrogen and oxygen atoms in total. The summed E-state index contributed by atoms with van der Waals surface area (Å²) in [7, 11) is 1.77. The number of nitrogens with zero attached hydrogens (tertiary/aromatic N) is 7. The van der Waals surface area contributed by atoms with Crippen molar-refractivity contribution >= 4 is 28.7 Å². The molecule has 0 saturated heterocycles. The number of unbranched alkanes of at least 4 members (excludes halogenated alkanes) is 1. The molecule has 11 heteroatoms. The number of thioether (sulfide) groups is 1. The van der Waals surface area contributed by atoms with Gasteiger partial charge in [-0.25, -0.2) is 19.3 Å². The van der Waals surface area contributed by atoms with E-state index in [1.807, 2.05) is 6.92 Å². The van der Waals surface area contributed by atoms with Crippen LogP contribution in [0.5, 0.6) is 0 Å². The Morgan fingerprint density at radius 1 is 1.26 bits per heavy atom. The molecule has 0 bridgehead atoms. The van der Waals surface area contributed by atoms with Crippen LogP contribution in [0.25, 0.3) is 16.9 Å². The van der Waals surface area contributed by atoms with Gasteiger partial charge in [-0.2, -0.15) is 4.98 Å². The van der Waals surface area contributed by atoms with Crippen LogP contribution >= 0.6 is 11.8 Å². The number of fused-ring (bicyclic) bond motifs is 2. The Morgan fingerprint density at radius 2 is 2.11 bits per heavy atom. The van der Waals surface area contributed by atoms with Crippen LogP contribution in [0, 0.1) is 0 Å². The average Bonchev–Trinajstić information content (AvgIpc) is 3.20. The minimum Gasteiger partial charge on any atom is -0.325 e. The fourth-order valence-corrected chi connectivity index (χ4v) is 3.66. The highest BCUT2D eigenvalue weighted by atomic mass is 32.2. The summed E-state index contributed by atoms with van der Waals surface area (Å²) in [6.07, 6.45) is 5.21. The second-order valence-corrected chi connectivity index (χ2v) is 7.01. The van der Waals surface area contributed by atoms with Gasteiger partial charge in [0.1, 0.15) is 5.82 Å². The molecule has 0 atom stereocenters. The number of H-pyrrole nitrogens is 1. The van der Waals surface area contributed by atoms with Gasteiger partial charge in [0.25, 0.3) is 11.3 Å². The molecule has 0 aliphatic rings. The summed E-state index contributed by atoms with van der Waals surface area (Å²) in [5.74, 6) is 1.65. The third kappa shape index (κ3) is 3.14. The molecule has 0 aromatic carbocycles. The fourth-order valence-electron chi connectivity index (χ4n) is 2.85. The predicted octanol–water partition coefficient (Wildman–Crippen LogP) is 0.953. The average molecular weight is 386 g/mol. The molecular weight excluding hydrogens is 368 g/mol. The van der Waals surface area contributed by atoms with Crippen molar-refractivity contribution in [2.24, 2.45) is 7.05 Å². The Morgan fingerprint density at radius 3 is 2.89 bits per heavy atom. The maximum absolute atomic E-state index is 12.3. The first-order valence-electron chi connectivity index (χ1n) is 8.57. The lowest BCUT2D eigenvalue weighted by atomic mass is 10.3. The molecule has 0 fully saturated rings. The molecule has 0 unspecified atom stereocenters. The number of rotatable bonds is 6. The third-order valence-corrected chi connectivity index (χ3v) is 5.10. The fraction of sp³-hybridized carbons (Fsp3) is 0.375. The van der Waals surface area contributed by atoms with Gasteiger partial charge in [0.2, 0.25) is 5.16 Å².